The molecule has 1 N–H and O–H groups in total. The van der Waals surface area contributed by atoms with Crippen LogP contribution in [0.4, 0.5) is 0 Å². The first-order chi connectivity index (χ1) is 14.1. The lowest BCUT2D eigenvalue weighted by molar-refractivity contribution is 0.928. The second-order valence-corrected chi connectivity index (χ2v) is 7.95. The number of thiocarbonyl (C=S) groups is 1. The fraction of sp³-hybridized carbons (Fsp3) is 0.0870. The Morgan fingerprint density at radius 3 is 2.41 bits per heavy atom. The van der Waals surface area contributed by atoms with Crippen LogP contribution in [0.5, 0.6) is 0 Å². The van der Waals surface area contributed by atoms with Crippen molar-refractivity contribution in [2.24, 2.45) is 0 Å². The van der Waals surface area contributed by atoms with E-state index in [0.29, 0.717) is 16.7 Å². The van der Waals surface area contributed by atoms with Crippen molar-refractivity contribution in [3.05, 3.63) is 105 Å². The smallest absolute Gasteiger partial charge is 0.257 e. The normalized spacial score (nSPS) is 10.7. The fourth-order valence-corrected chi connectivity index (χ4v) is 4.32. The third-order valence-electron chi connectivity index (χ3n) is 4.52. The average Bonchev–Trinajstić information content (AvgIpc) is 3.14. The minimum atomic E-state index is -0.116. The lowest BCUT2D eigenvalue weighted by Gasteiger charge is -2.06. The Kier molecular flexibility index (Phi) is 5.64. The standard InChI is InChI=1S/C23H19N3OS2/c1-16-21(22(28)24-15-17-8-4-2-5-9-17)29-23(25-16)26-13-12-19(14-20(26)27)18-10-6-3-7-11-18/h2-14H,15H2,1H3,(H,24,28). The molecule has 6 heteroatoms. The van der Waals surface area contributed by atoms with Gasteiger partial charge >= 0.3 is 0 Å². The van der Waals surface area contributed by atoms with Crippen molar-refractivity contribution in [2.45, 2.75) is 13.5 Å². The molecule has 144 valence electrons. The third-order valence-corrected chi connectivity index (χ3v) is 6.17. The van der Waals surface area contributed by atoms with Crippen LogP contribution in [0.15, 0.2) is 83.8 Å². The van der Waals surface area contributed by atoms with Gasteiger partial charge in [-0.2, -0.15) is 0 Å². The molecule has 29 heavy (non-hydrogen) atoms. The molecule has 2 aromatic carbocycles. The molecule has 4 rings (SSSR count). The molecule has 0 bridgehead atoms. The van der Waals surface area contributed by atoms with Crippen molar-refractivity contribution in [1.29, 1.82) is 0 Å². The number of benzene rings is 2. The Morgan fingerprint density at radius 2 is 1.72 bits per heavy atom. The van der Waals surface area contributed by atoms with Gasteiger partial charge < -0.3 is 5.32 Å². The van der Waals surface area contributed by atoms with E-state index in [9.17, 15) is 4.79 Å². The van der Waals surface area contributed by atoms with Crippen LogP contribution in [-0.4, -0.2) is 14.5 Å². The highest BCUT2D eigenvalue weighted by atomic mass is 32.1. The summed E-state index contributed by atoms with van der Waals surface area (Å²) in [6.45, 7) is 2.56. The first-order valence-electron chi connectivity index (χ1n) is 9.20. The van der Waals surface area contributed by atoms with Crippen molar-refractivity contribution in [3.8, 4) is 16.3 Å². The Bertz CT molecular complexity index is 1200. The highest BCUT2D eigenvalue weighted by Gasteiger charge is 2.14. The minimum absolute atomic E-state index is 0.116. The molecule has 0 aliphatic carbocycles. The van der Waals surface area contributed by atoms with Gasteiger partial charge in [-0.25, -0.2) is 4.98 Å². The predicted molar refractivity (Wildman–Crippen MR) is 123 cm³/mol. The van der Waals surface area contributed by atoms with Gasteiger partial charge in [0.05, 0.1) is 10.6 Å². The lowest BCUT2D eigenvalue weighted by Crippen LogP contribution is -2.21. The molecular weight excluding hydrogens is 398 g/mol. The number of aryl methyl sites for hydroxylation is 1. The van der Waals surface area contributed by atoms with Gasteiger partial charge in [0, 0.05) is 18.8 Å². The van der Waals surface area contributed by atoms with Crippen LogP contribution in [0.2, 0.25) is 0 Å². The largest absolute Gasteiger partial charge is 0.371 e. The molecule has 2 heterocycles. The first-order valence-corrected chi connectivity index (χ1v) is 10.4. The molecule has 0 fully saturated rings. The summed E-state index contributed by atoms with van der Waals surface area (Å²) in [5.74, 6) is 0. The molecule has 0 unspecified atom stereocenters. The summed E-state index contributed by atoms with van der Waals surface area (Å²) in [5.41, 5.74) is 3.76. The minimum Gasteiger partial charge on any atom is -0.371 e. The SMILES string of the molecule is Cc1nc(-n2ccc(-c3ccccc3)cc2=O)sc1C(=S)NCc1ccccc1. The maximum absolute atomic E-state index is 12.7. The van der Waals surface area contributed by atoms with Gasteiger partial charge in [0.1, 0.15) is 4.99 Å². The third kappa shape index (κ3) is 4.34. The second-order valence-electron chi connectivity index (χ2n) is 6.57. The highest BCUT2D eigenvalue weighted by Crippen LogP contribution is 2.23. The number of nitrogens with one attached hydrogen (secondary N) is 1. The van der Waals surface area contributed by atoms with Gasteiger partial charge in [0.15, 0.2) is 5.13 Å². The summed E-state index contributed by atoms with van der Waals surface area (Å²) in [6.07, 6.45) is 1.77. The first kappa shape index (κ1) is 19.2. The molecule has 0 saturated carbocycles. The highest BCUT2D eigenvalue weighted by molar-refractivity contribution is 7.81. The van der Waals surface area contributed by atoms with E-state index in [2.05, 4.69) is 22.4 Å². The van der Waals surface area contributed by atoms with Gasteiger partial charge in [0.2, 0.25) is 0 Å². The van der Waals surface area contributed by atoms with E-state index in [4.69, 9.17) is 12.2 Å². The van der Waals surface area contributed by atoms with E-state index in [-0.39, 0.29) is 5.56 Å². The van der Waals surface area contributed by atoms with E-state index in [0.717, 1.165) is 27.3 Å². The summed E-state index contributed by atoms with van der Waals surface area (Å²) in [5, 5.41) is 3.90. The van der Waals surface area contributed by atoms with Crippen molar-refractivity contribution in [2.75, 3.05) is 0 Å². The molecule has 0 aliphatic heterocycles. The molecule has 0 amide bonds. The summed E-state index contributed by atoms with van der Waals surface area (Å²) in [4.78, 5) is 18.8. The predicted octanol–water partition coefficient (Wildman–Crippen LogP) is 4.73. The number of aromatic nitrogens is 2. The number of pyridine rings is 1. The number of rotatable bonds is 5. The van der Waals surface area contributed by atoms with E-state index < -0.39 is 0 Å². The molecule has 2 aromatic heterocycles. The molecule has 0 saturated heterocycles. The van der Waals surface area contributed by atoms with E-state index >= 15 is 0 Å². The van der Waals surface area contributed by atoms with E-state index in [1.807, 2.05) is 61.5 Å². The second kappa shape index (κ2) is 8.51. The number of thiazole rings is 1. The van der Waals surface area contributed by atoms with Crippen LogP contribution in [0, 0.1) is 6.92 Å². The number of hydrogen-bond acceptors (Lipinski definition) is 4. The quantitative estimate of drug-likeness (QED) is 0.477. The molecule has 4 nitrogen and oxygen atoms in total. The Morgan fingerprint density at radius 1 is 1.03 bits per heavy atom. The molecule has 0 aliphatic rings. The summed E-state index contributed by atoms with van der Waals surface area (Å²) in [7, 11) is 0. The zero-order valence-corrected chi connectivity index (χ0v) is 17.5. The molecule has 0 radical (unpaired) electrons. The number of nitrogens with zero attached hydrogens (tertiary/aromatic N) is 2. The van der Waals surface area contributed by atoms with Gasteiger partial charge in [-0.15, -0.1) is 0 Å². The van der Waals surface area contributed by atoms with Gasteiger partial charge in [-0.05, 0) is 29.7 Å². The molecular formula is C23H19N3OS2. The van der Waals surface area contributed by atoms with Crippen molar-refractivity contribution in [1.82, 2.24) is 14.9 Å². The van der Waals surface area contributed by atoms with Crippen LogP contribution in [0.25, 0.3) is 16.3 Å². The topological polar surface area (TPSA) is 46.9 Å². The van der Waals surface area contributed by atoms with Crippen LogP contribution in [0.3, 0.4) is 0 Å². The van der Waals surface area contributed by atoms with Crippen molar-refractivity contribution >= 4 is 28.5 Å². The lowest BCUT2D eigenvalue weighted by atomic mass is 10.1. The Balaban J connectivity index is 1.56. The Labute approximate surface area is 178 Å². The van der Waals surface area contributed by atoms with E-state index in [1.165, 1.54) is 11.3 Å². The van der Waals surface area contributed by atoms with Gasteiger partial charge in [0.25, 0.3) is 5.56 Å². The van der Waals surface area contributed by atoms with Gasteiger partial charge in [-0.3, -0.25) is 9.36 Å². The van der Waals surface area contributed by atoms with Crippen LogP contribution in [0.1, 0.15) is 16.1 Å². The van der Waals surface area contributed by atoms with Crippen molar-refractivity contribution < 1.29 is 0 Å². The molecule has 0 atom stereocenters. The maximum atomic E-state index is 12.7. The van der Waals surface area contributed by atoms with Crippen molar-refractivity contribution in [3.63, 3.8) is 0 Å². The fourth-order valence-electron chi connectivity index (χ4n) is 3.00. The molecule has 4 aromatic rings. The Hall–Kier alpha value is -3.09. The van der Waals surface area contributed by atoms with E-state index in [1.54, 1.807) is 16.8 Å². The van der Waals surface area contributed by atoms with Crippen LogP contribution in [-0.2, 0) is 6.54 Å². The average molecular weight is 418 g/mol. The summed E-state index contributed by atoms with van der Waals surface area (Å²) < 4.78 is 1.56. The van der Waals surface area contributed by atoms with Gasteiger partial charge in [-0.1, -0.05) is 84.2 Å². The zero-order chi connectivity index (χ0) is 20.2. The van der Waals surface area contributed by atoms with Crippen LogP contribution < -0.4 is 10.9 Å². The maximum Gasteiger partial charge on any atom is 0.257 e. The summed E-state index contributed by atoms with van der Waals surface area (Å²) in [6, 6.07) is 23.5. The number of hydrogen-bond donors (Lipinski definition) is 1. The monoisotopic (exact) mass is 417 g/mol. The van der Waals surface area contributed by atoms with Crippen LogP contribution >= 0.6 is 23.6 Å². The molecule has 0 spiro atoms. The zero-order valence-electron chi connectivity index (χ0n) is 15.8. The summed E-state index contributed by atoms with van der Waals surface area (Å²) >= 11 is 6.98.